The molecule has 114 valence electrons. The van der Waals surface area contributed by atoms with E-state index in [4.69, 9.17) is 8.83 Å². The van der Waals surface area contributed by atoms with Gasteiger partial charge >= 0.3 is 0 Å². The number of furan rings is 2. The molecule has 7 nitrogen and oxygen atoms in total. The molecule has 0 radical (unpaired) electrons. The summed E-state index contributed by atoms with van der Waals surface area (Å²) in [5.74, 6) is 0.211. The zero-order chi connectivity index (χ0) is 15.5. The Morgan fingerprint density at radius 3 is 2.71 bits per heavy atom. The first kappa shape index (κ1) is 15.3. The number of carbonyl (C=O) groups is 1. The molecule has 0 aliphatic rings. The SMILES string of the molecule is CNS(=O)(=O)c1ccc(C(=O)N[C@H](C)Cc2ccco2)o1. The maximum absolute atomic E-state index is 12.0. The second-order valence-corrected chi connectivity index (χ2v) is 6.30. The molecule has 0 bridgehead atoms. The molecule has 1 amide bonds. The van der Waals surface area contributed by atoms with Crippen LogP contribution in [0.25, 0.3) is 0 Å². The van der Waals surface area contributed by atoms with Crippen molar-refractivity contribution >= 4 is 15.9 Å². The lowest BCUT2D eigenvalue weighted by Gasteiger charge is -2.11. The Labute approximate surface area is 122 Å². The van der Waals surface area contributed by atoms with Gasteiger partial charge in [0.15, 0.2) is 5.76 Å². The third-order valence-corrected chi connectivity index (χ3v) is 4.09. The van der Waals surface area contributed by atoms with Gasteiger partial charge in [-0.2, -0.15) is 0 Å². The number of rotatable bonds is 6. The van der Waals surface area contributed by atoms with Crippen molar-refractivity contribution in [2.45, 2.75) is 24.5 Å². The Hall–Kier alpha value is -2.06. The predicted molar refractivity (Wildman–Crippen MR) is 74.3 cm³/mol. The van der Waals surface area contributed by atoms with Gasteiger partial charge in [0, 0.05) is 12.5 Å². The number of hydrogen-bond donors (Lipinski definition) is 2. The lowest BCUT2D eigenvalue weighted by atomic mass is 10.2. The second-order valence-electron chi connectivity index (χ2n) is 4.48. The predicted octanol–water partition coefficient (Wildman–Crippen LogP) is 1.14. The van der Waals surface area contributed by atoms with Gasteiger partial charge in [0.25, 0.3) is 15.9 Å². The Morgan fingerprint density at radius 2 is 2.10 bits per heavy atom. The maximum atomic E-state index is 12.0. The summed E-state index contributed by atoms with van der Waals surface area (Å²) in [7, 11) is -2.43. The molecule has 2 rings (SSSR count). The van der Waals surface area contributed by atoms with Crippen LogP contribution in [0.5, 0.6) is 0 Å². The van der Waals surface area contributed by atoms with Gasteiger partial charge in [0.05, 0.1) is 6.26 Å². The highest BCUT2D eigenvalue weighted by Gasteiger charge is 2.20. The van der Waals surface area contributed by atoms with Crippen LogP contribution in [0.15, 0.2) is 44.5 Å². The summed E-state index contributed by atoms with van der Waals surface area (Å²) >= 11 is 0. The fourth-order valence-corrected chi connectivity index (χ4v) is 2.41. The van der Waals surface area contributed by atoms with E-state index in [1.165, 1.54) is 19.2 Å². The van der Waals surface area contributed by atoms with Gasteiger partial charge in [-0.3, -0.25) is 4.79 Å². The lowest BCUT2D eigenvalue weighted by molar-refractivity contribution is 0.0906. The molecule has 2 N–H and O–H groups in total. The zero-order valence-electron chi connectivity index (χ0n) is 11.6. The molecule has 21 heavy (non-hydrogen) atoms. The number of nitrogens with one attached hydrogen (secondary N) is 2. The maximum Gasteiger partial charge on any atom is 0.287 e. The molecule has 0 aliphatic carbocycles. The topological polar surface area (TPSA) is 102 Å². The number of sulfonamides is 1. The van der Waals surface area contributed by atoms with Crippen LogP contribution in [0.3, 0.4) is 0 Å². The number of amides is 1. The van der Waals surface area contributed by atoms with Crippen LogP contribution in [0.1, 0.15) is 23.2 Å². The molecule has 0 aromatic carbocycles. The summed E-state index contributed by atoms with van der Waals surface area (Å²) in [4.78, 5) is 12.0. The summed E-state index contributed by atoms with van der Waals surface area (Å²) < 4.78 is 35.4. The molecule has 0 saturated heterocycles. The first-order valence-corrected chi connectivity index (χ1v) is 7.77. The van der Waals surface area contributed by atoms with Gasteiger partial charge < -0.3 is 14.2 Å². The Morgan fingerprint density at radius 1 is 1.33 bits per heavy atom. The minimum Gasteiger partial charge on any atom is -0.469 e. The Balaban J connectivity index is 2.00. The van der Waals surface area contributed by atoms with E-state index in [9.17, 15) is 13.2 Å². The van der Waals surface area contributed by atoms with Crippen molar-refractivity contribution in [1.29, 1.82) is 0 Å². The van der Waals surface area contributed by atoms with Gasteiger partial charge in [-0.05, 0) is 38.2 Å². The molecular formula is C13H16N2O5S. The number of carbonyl (C=O) groups excluding carboxylic acids is 1. The molecule has 0 spiro atoms. The van der Waals surface area contributed by atoms with E-state index in [2.05, 4.69) is 10.0 Å². The van der Waals surface area contributed by atoms with Crippen molar-refractivity contribution in [1.82, 2.24) is 10.0 Å². The highest BCUT2D eigenvalue weighted by Crippen LogP contribution is 2.13. The highest BCUT2D eigenvalue weighted by atomic mass is 32.2. The highest BCUT2D eigenvalue weighted by molar-refractivity contribution is 7.89. The van der Waals surface area contributed by atoms with Crippen molar-refractivity contribution < 1.29 is 22.0 Å². The first-order chi connectivity index (χ1) is 9.92. The third-order valence-electron chi connectivity index (χ3n) is 2.80. The normalized spacial score (nSPS) is 13.0. The van der Waals surface area contributed by atoms with Crippen molar-refractivity contribution in [2.24, 2.45) is 0 Å². The van der Waals surface area contributed by atoms with Gasteiger partial charge in [0.1, 0.15) is 5.76 Å². The van der Waals surface area contributed by atoms with Crippen LogP contribution in [-0.4, -0.2) is 27.4 Å². The fraction of sp³-hybridized carbons (Fsp3) is 0.308. The van der Waals surface area contributed by atoms with Crippen LogP contribution in [0.2, 0.25) is 0 Å². The van der Waals surface area contributed by atoms with Crippen molar-refractivity contribution in [3.8, 4) is 0 Å². The Bertz CT molecular complexity index is 703. The largest absolute Gasteiger partial charge is 0.469 e. The molecule has 2 aromatic heterocycles. The van der Waals surface area contributed by atoms with E-state index < -0.39 is 15.9 Å². The molecular weight excluding hydrogens is 296 g/mol. The molecule has 0 unspecified atom stereocenters. The fourth-order valence-electron chi connectivity index (χ4n) is 1.76. The minimum absolute atomic E-state index is 0.0601. The molecule has 1 atom stereocenters. The summed E-state index contributed by atoms with van der Waals surface area (Å²) in [6.45, 7) is 1.81. The molecule has 0 saturated carbocycles. The van der Waals surface area contributed by atoms with Gasteiger partial charge in [-0.15, -0.1) is 0 Å². The van der Waals surface area contributed by atoms with Crippen LogP contribution < -0.4 is 10.0 Å². The molecule has 8 heteroatoms. The Kier molecular flexibility index (Phi) is 4.49. The number of hydrogen-bond acceptors (Lipinski definition) is 5. The standard InChI is InChI=1S/C13H16N2O5S/c1-9(8-10-4-3-7-19-10)15-13(16)11-5-6-12(20-11)21(17,18)14-2/h3-7,9,14H,8H2,1-2H3,(H,15,16)/t9-/m1/s1. The zero-order valence-corrected chi connectivity index (χ0v) is 12.4. The molecule has 2 heterocycles. The van der Waals surface area contributed by atoms with Crippen LogP contribution in [0, 0.1) is 0 Å². The van der Waals surface area contributed by atoms with E-state index >= 15 is 0 Å². The average Bonchev–Trinajstić information content (AvgIpc) is 3.09. The van der Waals surface area contributed by atoms with E-state index in [-0.39, 0.29) is 16.9 Å². The van der Waals surface area contributed by atoms with Gasteiger partial charge in [-0.1, -0.05) is 0 Å². The van der Waals surface area contributed by atoms with Crippen molar-refractivity contribution in [3.05, 3.63) is 42.0 Å². The van der Waals surface area contributed by atoms with Gasteiger partial charge in [0.2, 0.25) is 5.09 Å². The van der Waals surface area contributed by atoms with Crippen LogP contribution in [0.4, 0.5) is 0 Å². The summed E-state index contributed by atoms with van der Waals surface area (Å²) in [6.07, 6.45) is 2.09. The van der Waals surface area contributed by atoms with Crippen molar-refractivity contribution in [2.75, 3.05) is 7.05 Å². The van der Waals surface area contributed by atoms with E-state index in [0.29, 0.717) is 6.42 Å². The monoisotopic (exact) mass is 312 g/mol. The minimum atomic E-state index is -3.69. The van der Waals surface area contributed by atoms with E-state index in [0.717, 1.165) is 5.76 Å². The summed E-state index contributed by atoms with van der Waals surface area (Å²) in [5, 5.41) is 2.41. The third kappa shape index (κ3) is 3.73. The first-order valence-electron chi connectivity index (χ1n) is 6.29. The van der Waals surface area contributed by atoms with Crippen molar-refractivity contribution in [3.63, 3.8) is 0 Å². The molecule has 0 fully saturated rings. The molecule has 2 aromatic rings. The smallest absolute Gasteiger partial charge is 0.287 e. The summed E-state index contributed by atoms with van der Waals surface area (Å²) in [6, 6.07) is 5.95. The van der Waals surface area contributed by atoms with Gasteiger partial charge in [-0.25, -0.2) is 13.1 Å². The van der Waals surface area contributed by atoms with Crippen LogP contribution in [-0.2, 0) is 16.4 Å². The van der Waals surface area contributed by atoms with E-state index in [1.54, 1.807) is 12.3 Å². The van der Waals surface area contributed by atoms with E-state index in [1.807, 2.05) is 13.0 Å². The molecule has 0 aliphatic heterocycles. The average molecular weight is 312 g/mol. The van der Waals surface area contributed by atoms with Crippen LogP contribution >= 0.6 is 0 Å². The summed E-state index contributed by atoms with van der Waals surface area (Å²) in [5.41, 5.74) is 0. The lowest BCUT2D eigenvalue weighted by Crippen LogP contribution is -2.33. The second kappa shape index (κ2) is 6.15. The quantitative estimate of drug-likeness (QED) is 0.833.